The summed E-state index contributed by atoms with van der Waals surface area (Å²) in [6.45, 7) is 3.19. The molecule has 1 heterocycles. The van der Waals surface area contributed by atoms with Crippen molar-refractivity contribution in [1.82, 2.24) is 9.55 Å². The van der Waals surface area contributed by atoms with Crippen molar-refractivity contribution in [3.8, 4) is 0 Å². The van der Waals surface area contributed by atoms with Crippen molar-refractivity contribution in [2.45, 2.75) is 70.9 Å². The summed E-state index contributed by atoms with van der Waals surface area (Å²) in [5, 5.41) is 14.0. The number of halogens is 1. The Balaban J connectivity index is 1.80. The molecular formula is C22H30ClN5O. The zero-order valence-electron chi connectivity index (χ0n) is 17.1. The SMILES string of the molecule is CCCCc1nc(Cl)c(CO)n1Cc1ccc(C(CN=[N+]=[N-])C2CCCC2)cc1. The van der Waals surface area contributed by atoms with Crippen LogP contribution in [0.2, 0.25) is 5.15 Å². The van der Waals surface area contributed by atoms with Gasteiger partial charge in [-0.2, -0.15) is 0 Å². The fraction of sp³-hybridized carbons (Fsp3) is 0.591. The molecule has 7 heteroatoms. The largest absolute Gasteiger partial charge is 0.390 e. The molecule has 3 rings (SSSR count). The molecule has 1 aromatic heterocycles. The van der Waals surface area contributed by atoms with Crippen LogP contribution in [0.5, 0.6) is 0 Å². The minimum Gasteiger partial charge on any atom is -0.390 e. The van der Waals surface area contributed by atoms with Gasteiger partial charge in [-0.05, 0) is 47.8 Å². The highest BCUT2D eigenvalue weighted by atomic mass is 35.5. The van der Waals surface area contributed by atoms with E-state index in [0.29, 0.717) is 35.8 Å². The second-order valence-corrected chi connectivity index (χ2v) is 8.28. The van der Waals surface area contributed by atoms with Gasteiger partial charge in [-0.25, -0.2) is 4.98 Å². The molecule has 29 heavy (non-hydrogen) atoms. The lowest BCUT2D eigenvalue weighted by Gasteiger charge is -2.22. The Hall–Kier alpha value is -2.01. The van der Waals surface area contributed by atoms with Crippen molar-refractivity contribution in [2.24, 2.45) is 11.0 Å². The molecule has 0 bridgehead atoms. The van der Waals surface area contributed by atoms with Crippen molar-refractivity contribution < 1.29 is 5.11 Å². The van der Waals surface area contributed by atoms with Crippen LogP contribution in [0.25, 0.3) is 10.4 Å². The van der Waals surface area contributed by atoms with Gasteiger partial charge in [0, 0.05) is 24.4 Å². The molecule has 6 nitrogen and oxygen atoms in total. The topological polar surface area (TPSA) is 86.8 Å². The van der Waals surface area contributed by atoms with Gasteiger partial charge >= 0.3 is 0 Å². The molecule has 0 radical (unpaired) electrons. The van der Waals surface area contributed by atoms with Crippen molar-refractivity contribution in [3.05, 3.63) is 62.5 Å². The minimum atomic E-state index is -0.119. The van der Waals surface area contributed by atoms with Crippen LogP contribution >= 0.6 is 11.6 Å². The van der Waals surface area contributed by atoms with Crippen LogP contribution in [-0.4, -0.2) is 21.2 Å². The van der Waals surface area contributed by atoms with Gasteiger partial charge < -0.3 is 9.67 Å². The average Bonchev–Trinajstić information content (AvgIpc) is 3.36. The molecule has 2 aromatic rings. The molecule has 1 N–H and O–H groups in total. The van der Waals surface area contributed by atoms with E-state index in [1.807, 2.05) is 4.57 Å². The second kappa shape index (κ2) is 10.7. The van der Waals surface area contributed by atoms with Crippen molar-refractivity contribution in [3.63, 3.8) is 0 Å². The molecule has 156 valence electrons. The molecule has 1 unspecified atom stereocenters. The number of aliphatic hydroxyl groups excluding tert-OH is 1. The summed E-state index contributed by atoms with van der Waals surface area (Å²) in [4.78, 5) is 7.45. The normalized spacial score (nSPS) is 15.4. The number of imidazole rings is 1. The Morgan fingerprint density at radius 3 is 2.66 bits per heavy atom. The van der Waals surface area contributed by atoms with E-state index in [1.54, 1.807) is 0 Å². The van der Waals surface area contributed by atoms with Gasteiger partial charge in [0.15, 0.2) is 5.15 Å². The Labute approximate surface area is 177 Å². The van der Waals surface area contributed by atoms with Gasteiger partial charge in [0.25, 0.3) is 0 Å². The summed E-state index contributed by atoms with van der Waals surface area (Å²) in [7, 11) is 0. The van der Waals surface area contributed by atoms with Crippen molar-refractivity contribution in [2.75, 3.05) is 6.54 Å². The van der Waals surface area contributed by atoms with Gasteiger partial charge in [0.05, 0.1) is 12.3 Å². The fourth-order valence-corrected chi connectivity index (χ4v) is 4.69. The highest BCUT2D eigenvalue weighted by Crippen LogP contribution is 2.37. The molecule has 0 spiro atoms. The van der Waals surface area contributed by atoms with Crippen LogP contribution in [0.1, 0.15) is 74.0 Å². The smallest absolute Gasteiger partial charge is 0.152 e. The molecular weight excluding hydrogens is 386 g/mol. The molecule has 1 saturated carbocycles. The van der Waals surface area contributed by atoms with Crippen LogP contribution in [0.3, 0.4) is 0 Å². The van der Waals surface area contributed by atoms with E-state index in [4.69, 9.17) is 17.1 Å². The molecule has 1 aliphatic rings. The van der Waals surface area contributed by atoms with E-state index >= 15 is 0 Å². The molecule has 1 fully saturated rings. The van der Waals surface area contributed by atoms with Crippen LogP contribution in [-0.2, 0) is 19.6 Å². The third-order valence-electron chi connectivity index (χ3n) is 6.07. The lowest BCUT2D eigenvalue weighted by molar-refractivity contribution is 0.271. The monoisotopic (exact) mass is 415 g/mol. The van der Waals surface area contributed by atoms with E-state index < -0.39 is 0 Å². The number of aliphatic hydroxyl groups is 1. The van der Waals surface area contributed by atoms with Crippen LogP contribution in [0.4, 0.5) is 0 Å². The number of azide groups is 1. The average molecular weight is 416 g/mol. The lowest BCUT2D eigenvalue weighted by Crippen LogP contribution is -2.13. The van der Waals surface area contributed by atoms with E-state index in [1.165, 1.54) is 31.2 Å². The second-order valence-electron chi connectivity index (χ2n) is 7.92. The van der Waals surface area contributed by atoms with E-state index in [2.05, 4.69) is 46.2 Å². The number of benzene rings is 1. The highest BCUT2D eigenvalue weighted by Gasteiger charge is 2.26. The quantitative estimate of drug-likeness (QED) is 0.293. The summed E-state index contributed by atoms with van der Waals surface area (Å²) < 4.78 is 2.04. The maximum Gasteiger partial charge on any atom is 0.152 e. The number of hydrogen-bond donors (Lipinski definition) is 1. The molecule has 0 amide bonds. The third-order valence-corrected chi connectivity index (χ3v) is 6.37. The Kier molecular flexibility index (Phi) is 7.99. The first-order valence-electron chi connectivity index (χ1n) is 10.6. The summed E-state index contributed by atoms with van der Waals surface area (Å²) in [6.07, 6.45) is 7.93. The number of nitrogens with zero attached hydrogens (tertiary/aromatic N) is 5. The Bertz CT molecular complexity index is 836. The zero-order chi connectivity index (χ0) is 20.6. The van der Waals surface area contributed by atoms with Crippen molar-refractivity contribution in [1.29, 1.82) is 0 Å². The lowest BCUT2D eigenvalue weighted by atomic mass is 9.84. The third kappa shape index (κ3) is 5.33. The first kappa shape index (κ1) is 21.7. The molecule has 0 saturated heterocycles. The number of aryl methyl sites for hydroxylation is 1. The first-order valence-corrected chi connectivity index (χ1v) is 11.0. The maximum atomic E-state index is 9.75. The Morgan fingerprint density at radius 2 is 2.03 bits per heavy atom. The zero-order valence-corrected chi connectivity index (χ0v) is 17.9. The predicted octanol–water partition coefficient (Wildman–Crippen LogP) is 6.00. The number of hydrogen-bond acceptors (Lipinski definition) is 3. The number of aromatic nitrogens is 2. The Morgan fingerprint density at radius 1 is 1.31 bits per heavy atom. The van der Waals surface area contributed by atoms with Gasteiger partial charge in [0.1, 0.15) is 5.82 Å². The van der Waals surface area contributed by atoms with Crippen LogP contribution in [0.15, 0.2) is 29.4 Å². The van der Waals surface area contributed by atoms with E-state index in [9.17, 15) is 5.11 Å². The van der Waals surface area contributed by atoms with E-state index in [0.717, 1.165) is 30.7 Å². The van der Waals surface area contributed by atoms with Gasteiger partial charge in [-0.1, -0.05) is 67.2 Å². The van der Waals surface area contributed by atoms with Crippen LogP contribution < -0.4 is 0 Å². The summed E-state index contributed by atoms with van der Waals surface area (Å²) in [6, 6.07) is 8.58. The predicted molar refractivity (Wildman–Crippen MR) is 116 cm³/mol. The van der Waals surface area contributed by atoms with E-state index in [-0.39, 0.29) is 6.61 Å². The standard InChI is InChI=1S/C22H30ClN5O/c1-2-3-8-21-26-22(23)20(15-29)28(21)14-16-9-11-18(12-10-16)19(13-25-27-24)17-6-4-5-7-17/h9-12,17,19,29H,2-8,13-15H2,1H3. The summed E-state index contributed by atoms with van der Waals surface area (Å²) >= 11 is 6.25. The number of rotatable bonds is 10. The summed E-state index contributed by atoms with van der Waals surface area (Å²) in [5.74, 6) is 1.82. The molecule has 1 atom stereocenters. The minimum absolute atomic E-state index is 0.119. The van der Waals surface area contributed by atoms with Crippen molar-refractivity contribution >= 4 is 11.6 Å². The first-order chi connectivity index (χ1) is 14.2. The van der Waals surface area contributed by atoms with Gasteiger partial charge in [0.2, 0.25) is 0 Å². The highest BCUT2D eigenvalue weighted by molar-refractivity contribution is 6.30. The maximum absolute atomic E-state index is 9.75. The van der Waals surface area contributed by atoms with Gasteiger partial charge in [-0.15, -0.1) is 0 Å². The fourth-order valence-electron chi connectivity index (χ4n) is 4.43. The molecule has 1 aliphatic carbocycles. The molecule has 1 aromatic carbocycles. The molecule has 0 aliphatic heterocycles. The number of unbranched alkanes of at least 4 members (excludes halogenated alkanes) is 1. The summed E-state index contributed by atoms with van der Waals surface area (Å²) in [5.41, 5.74) is 11.8. The van der Waals surface area contributed by atoms with Gasteiger partial charge in [-0.3, -0.25) is 0 Å². The van der Waals surface area contributed by atoms with Crippen LogP contribution in [0, 0.1) is 5.92 Å².